The molecule has 0 bridgehead atoms. The summed E-state index contributed by atoms with van der Waals surface area (Å²) in [6.07, 6.45) is 16.1. The Morgan fingerprint density at radius 2 is 1.68 bits per heavy atom. The molecule has 0 radical (unpaired) electrons. The zero-order valence-electron chi connectivity index (χ0n) is 20.9. The lowest BCUT2D eigenvalue weighted by atomic mass is 9.63. The van der Waals surface area contributed by atoms with E-state index < -0.39 is 11.6 Å². The van der Waals surface area contributed by atoms with Gasteiger partial charge >= 0.3 is 0 Å². The summed E-state index contributed by atoms with van der Waals surface area (Å²) in [4.78, 5) is 0. The van der Waals surface area contributed by atoms with Crippen molar-refractivity contribution in [2.75, 3.05) is 0 Å². The average molecular weight is 467 g/mol. The molecule has 3 heteroatoms. The highest BCUT2D eigenvalue weighted by molar-refractivity contribution is 5.32. The lowest BCUT2D eigenvalue weighted by Gasteiger charge is -2.42. The van der Waals surface area contributed by atoms with Gasteiger partial charge < -0.3 is 4.74 Å². The molecule has 0 aliphatic heterocycles. The van der Waals surface area contributed by atoms with Gasteiger partial charge in [0.05, 0.1) is 0 Å². The molecule has 2 saturated carbocycles. The molecule has 1 nitrogen and oxygen atoms in total. The van der Waals surface area contributed by atoms with Crippen molar-refractivity contribution in [3.8, 4) is 5.75 Å². The van der Waals surface area contributed by atoms with Gasteiger partial charge in [0, 0.05) is 0 Å². The van der Waals surface area contributed by atoms with E-state index in [2.05, 4.69) is 31.2 Å². The summed E-state index contributed by atoms with van der Waals surface area (Å²) >= 11 is 0. The molecule has 0 N–H and O–H groups in total. The van der Waals surface area contributed by atoms with E-state index in [1.54, 1.807) is 12.1 Å². The Morgan fingerprint density at radius 1 is 0.912 bits per heavy atom. The van der Waals surface area contributed by atoms with E-state index in [9.17, 15) is 8.78 Å². The van der Waals surface area contributed by atoms with Crippen molar-refractivity contribution in [1.82, 2.24) is 0 Å². The van der Waals surface area contributed by atoms with Crippen molar-refractivity contribution in [3.05, 3.63) is 76.9 Å². The minimum Gasteiger partial charge on any atom is -0.486 e. The molecule has 4 rings (SSSR count). The maximum absolute atomic E-state index is 14.5. The molecule has 0 saturated heterocycles. The van der Waals surface area contributed by atoms with Crippen LogP contribution < -0.4 is 4.74 Å². The van der Waals surface area contributed by atoms with Crippen LogP contribution >= 0.6 is 0 Å². The molecule has 2 aromatic carbocycles. The van der Waals surface area contributed by atoms with Crippen LogP contribution in [0, 0.1) is 29.4 Å². The minimum absolute atomic E-state index is 0.0200. The van der Waals surface area contributed by atoms with Crippen LogP contribution in [0.1, 0.15) is 94.2 Å². The minimum atomic E-state index is -0.889. The first-order chi connectivity index (χ1) is 16.6. The van der Waals surface area contributed by atoms with E-state index in [-0.39, 0.29) is 12.4 Å². The first kappa shape index (κ1) is 24.9. The fourth-order valence-corrected chi connectivity index (χ4v) is 6.29. The number of allylic oxidation sites excluding steroid dienone is 2. The molecular formula is C31H40F2O. The van der Waals surface area contributed by atoms with Crippen molar-refractivity contribution < 1.29 is 13.5 Å². The fourth-order valence-electron chi connectivity index (χ4n) is 6.29. The highest BCUT2D eigenvalue weighted by atomic mass is 19.2. The molecule has 34 heavy (non-hydrogen) atoms. The van der Waals surface area contributed by atoms with Crippen molar-refractivity contribution in [2.24, 2.45) is 17.8 Å². The Morgan fingerprint density at radius 3 is 2.44 bits per heavy atom. The molecule has 2 aliphatic carbocycles. The number of hydrogen-bond donors (Lipinski definition) is 0. The van der Waals surface area contributed by atoms with Crippen LogP contribution in [-0.2, 0) is 13.0 Å². The Bertz CT molecular complexity index is 949. The number of fused-ring (bicyclic) bond motifs is 1. The predicted octanol–water partition coefficient (Wildman–Crippen LogP) is 9.15. The summed E-state index contributed by atoms with van der Waals surface area (Å²) in [7, 11) is 0. The summed E-state index contributed by atoms with van der Waals surface area (Å²) in [5.41, 5.74) is 2.79. The normalized spacial score (nSPS) is 24.8. The highest BCUT2D eigenvalue weighted by Gasteiger charge is 2.35. The smallest absolute Gasteiger partial charge is 0.200 e. The van der Waals surface area contributed by atoms with Crippen LogP contribution in [0.5, 0.6) is 5.75 Å². The Hall–Kier alpha value is -2.16. The Labute approximate surface area is 204 Å². The van der Waals surface area contributed by atoms with E-state index in [0.29, 0.717) is 24.3 Å². The zero-order chi connectivity index (χ0) is 23.9. The van der Waals surface area contributed by atoms with E-state index in [0.717, 1.165) is 23.3 Å². The second kappa shape index (κ2) is 12.0. The first-order valence-corrected chi connectivity index (χ1v) is 13.4. The molecule has 4 unspecified atom stereocenters. The van der Waals surface area contributed by atoms with Gasteiger partial charge in [-0.05, 0) is 98.3 Å². The fraction of sp³-hybridized carbons (Fsp3) is 0.548. The topological polar surface area (TPSA) is 9.23 Å². The third-order valence-corrected chi connectivity index (χ3v) is 8.21. The largest absolute Gasteiger partial charge is 0.486 e. The van der Waals surface area contributed by atoms with Crippen LogP contribution in [0.25, 0.3) is 0 Å². The highest BCUT2D eigenvalue weighted by Crippen LogP contribution is 2.48. The summed E-state index contributed by atoms with van der Waals surface area (Å²) in [6.45, 7) is 4.47. The van der Waals surface area contributed by atoms with Crippen molar-refractivity contribution in [2.45, 2.75) is 90.6 Å². The number of rotatable bonds is 9. The molecule has 2 aliphatic rings. The van der Waals surface area contributed by atoms with E-state index >= 15 is 0 Å². The Balaban J connectivity index is 1.30. The molecule has 0 spiro atoms. The van der Waals surface area contributed by atoms with E-state index in [1.807, 2.05) is 19.1 Å². The second-order valence-electron chi connectivity index (χ2n) is 10.5. The maximum atomic E-state index is 14.5. The lowest BCUT2D eigenvalue weighted by Crippen LogP contribution is -2.30. The van der Waals surface area contributed by atoms with E-state index in [4.69, 9.17) is 4.74 Å². The second-order valence-corrected chi connectivity index (χ2v) is 10.5. The van der Waals surface area contributed by atoms with Gasteiger partial charge in [0.2, 0.25) is 5.82 Å². The molecule has 184 valence electrons. The quantitative estimate of drug-likeness (QED) is 0.335. The van der Waals surface area contributed by atoms with Crippen LogP contribution in [0.15, 0.2) is 48.6 Å². The predicted molar refractivity (Wildman–Crippen MR) is 136 cm³/mol. The monoisotopic (exact) mass is 466 g/mol. The van der Waals surface area contributed by atoms with Crippen LogP contribution in [0.2, 0.25) is 0 Å². The Kier molecular flexibility index (Phi) is 8.80. The molecule has 2 aromatic rings. The average Bonchev–Trinajstić information content (AvgIpc) is 2.86. The molecule has 4 atom stereocenters. The zero-order valence-corrected chi connectivity index (χ0v) is 20.9. The van der Waals surface area contributed by atoms with Gasteiger partial charge in [-0.1, -0.05) is 68.7 Å². The van der Waals surface area contributed by atoms with Crippen LogP contribution in [0.4, 0.5) is 8.78 Å². The number of ether oxygens (including phenoxy) is 1. The van der Waals surface area contributed by atoms with Crippen molar-refractivity contribution >= 4 is 0 Å². The SMILES string of the molecule is CC=CCCc1ccc(OCc2ccc(C3CCC4CC(CCC)CCC4C3)cc2)c(F)c1F. The molecule has 0 amide bonds. The van der Waals surface area contributed by atoms with E-state index in [1.165, 1.54) is 56.9 Å². The molecule has 0 aromatic heterocycles. The van der Waals surface area contributed by atoms with Gasteiger partial charge in [0.15, 0.2) is 11.6 Å². The first-order valence-electron chi connectivity index (χ1n) is 13.4. The molecular weight excluding hydrogens is 426 g/mol. The lowest BCUT2D eigenvalue weighted by molar-refractivity contribution is 0.114. The number of hydrogen-bond acceptors (Lipinski definition) is 1. The standard InChI is InChI=1S/C31H40F2O/c1-3-5-6-8-25-17-18-29(31(33)30(25)32)34-21-23-10-12-24(13-11-23)27-16-15-26-19-22(7-4-2)9-14-28(26)20-27/h3,5,10-13,17-18,22,26-28H,4,6-9,14-16,19-21H2,1-2H3. The van der Waals surface area contributed by atoms with Gasteiger partial charge in [-0.25, -0.2) is 4.39 Å². The van der Waals surface area contributed by atoms with Crippen LogP contribution in [0.3, 0.4) is 0 Å². The van der Waals surface area contributed by atoms with Crippen molar-refractivity contribution in [1.29, 1.82) is 0 Å². The van der Waals surface area contributed by atoms with Gasteiger partial charge in [0.1, 0.15) is 6.61 Å². The summed E-state index contributed by atoms with van der Waals surface area (Å²) in [5.74, 6) is 1.76. The van der Waals surface area contributed by atoms with Gasteiger partial charge in [0.25, 0.3) is 0 Å². The van der Waals surface area contributed by atoms with Crippen LogP contribution in [-0.4, -0.2) is 0 Å². The van der Waals surface area contributed by atoms with Gasteiger partial charge in [-0.15, -0.1) is 0 Å². The maximum Gasteiger partial charge on any atom is 0.200 e. The van der Waals surface area contributed by atoms with Crippen molar-refractivity contribution in [3.63, 3.8) is 0 Å². The third-order valence-electron chi connectivity index (χ3n) is 8.21. The number of benzene rings is 2. The third kappa shape index (κ3) is 6.09. The molecule has 2 fully saturated rings. The number of aryl methyl sites for hydroxylation is 1. The summed E-state index contributed by atoms with van der Waals surface area (Å²) in [5, 5.41) is 0. The number of halogens is 2. The van der Waals surface area contributed by atoms with Gasteiger partial charge in [-0.3, -0.25) is 0 Å². The summed E-state index contributed by atoms with van der Waals surface area (Å²) < 4.78 is 34.5. The summed E-state index contributed by atoms with van der Waals surface area (Å²) in [6, 6.07) is 11.8. The van der Waals surface area contributed by atoms with Gasteiger partial charge in [-0.2, -0.15) is 4.39 Å². The molecule has 0 heterocycles.